The van der Waals surface area contributed by atoms with Gasteiger partial charge in [-0.1, -0.05) is 6.07 Å². The molecule has 0 saturated heterocycles. The Morgan fingerprint density at radius 2 is 2.00 bits per heavy atom. The van der Waals surface area contributed by atoms with Crippen molar-refractivity contribution >= 4 is 6.08 Å². The van der Waals surface area contributed by atoms with Crippen molar-refractivity contribution < 1.29 is 14.3 Å². The standard InChI is InChI=1S/C12H15NO3/c1-15-11-6-5-10(8-12(11)16-2)4-3-7-13-9-14/h5-6,8H,3-4,7H2,1-2H3. The number of hydrogen-bond donors (Lipinski definition) is 0. The molecule has 0 aliphatic carbocycles. The van der Waals surface area contributed by atoms with E-state index in [0.29, 0.717) is 6.54 Å². The van der Waals surface area contributed by atoms with E-state index in [0.717, 1.165) is 29.9 Å². The molecule has 0 aliphatic rings. The van der Waals surface area contributed by atoms with Crippen molar-refractivity contribution in [1.82, 2.24) is 0 Å². The summed E-state index contributed by atoms with van der Waals surface area (Å²) >= 11 is 0. The molecule has 4 nitrogen and oxygen atoms in total. The second-order valence-corrected chi connectivity index (χ2v) is 3.27. The van der Waals surface area contributed by atoms with E-state index in [4.69, 9.17) is 9.47 Å². The SMILES string of the molecule is COc1ccc(CCCN=C=O)cc1OC. The summed E-state index contributed by atoms with van der Waals surface area (Å²) in [5, 5.41) is 0. The fraction of sp³-hybridized carbons (Fsp3) is 0.417. The van der Waals surface area contributed by atoms with E-state index in [1.807, 2.05) is 18.2 Å². The lowest BCUT2D eigenvalue weighted by Gasteiger charge is -2.08. The minimum Gasteiger partial charge on any atom is -0.493 e. The van der Waals surface area contributed by atoms with Gasteiger partial charge in [0, 0.05) is 0 Å². The maximum atomic E-state index is 9.87. The molecule has 0 N–H and O–H groups in total. The van der Waals surface area contributed by atoms with E-state index in [9.17, 15) is 4.79 Å². The highest BCUT2D eigenvalue weighted by molar-refractivity contribution is 5.42. The molecule has 0 saturated carbocycles. The summed E-state index contributed by atoms with van der Waals surface area (Å²) in [6, 6.07) is 5.78. The van der Waals surface area contributed by atoms with Gasteiger partial charge in [-0.25, -0.2) is 9.79 Å². The lowest BCUT2D eigenvalue weighted by atomic mass is 10.1. The number of ether oxygens (including phenoxy) is 2. The van der Waals surface area contributed by atoms with Crippen LogP contribution in [0.15, 0.2) is 23.2 Å². The third-order valence-corrected chi connectivity index (χ3v) is 2.25. The van der Waals surface area contributed by atoms with Crippen molar-refractivity contribution in [2.75, 3.05) is 20.8 Å². The van der Waals surface area contributed by atoms with Crippen LogP contribution in [0.1, 0.15) is 12.0 Å². The van der Waals surface area contributed by atoms with E-state index >= 15 is 0 Å². The molecule has 1 aromatic rings. The Bertz CT molecular complexity index is 384. The van der Waals surface area contributed by atoms with Crippen LogP contribution in [-0.4, -0.2) is 26.8 Å². The van der Waals surface area contributed by atoms with E-state index in [-0.39, 0.29) is 0 Å². The topological polar surface area (TPSA) is 47.9 Å². The van der Waals surface area contributed by atoms with Crippen LogP contribution < -0.4 is 9.47 Å². The van der Waals surface area contributed by atoms with Gasteiger partial charge in [0.25, 0.3) is 0 Å². The summed E-state index contributed by atoms with van der Waals surface area (Å²) in [7, 11) is 3.22. The second-order valence-electron chi connectivity index (χ2n) is 3.27. The monoisotopic (exact) mass is 221 g/mol. The molecule has 0 amide bonds. The largest absolute Gasteiger partial charge is 0.493 e. The van der Waals surface area contributed by atoms with Crippen molar-refractivity contribution in [3.8, 4) is 11.5 Å². The number of aryl methyl sites for hydroxylation is 1. The summed E-state index contributed by atoms with van der Waals surface area (Å²) in [6.07, 6.45) is 3.20. The average molecular weight is 221 g/mol. The fourth-order valence-corrected chi connectivity index (χ4v) is 1.44. The van der Waals surface area contributed by atoms with Crippen molar-refractivity contribution in [3.63, 3.8) is 0 Å². The number of rotatable bonds is 6. The van der Waals surface area contributed by atoms with Gasteiger partial charge in [-0.05, 0) is 30.5 Å². The summed E-state index contributed by atoms with van der Waals surface area (Å²) in [5.74, 6) is 1.44. The van der Waals surface area contributed by atoms with Crippen LogP contribution in [0.4, 0.5) is 0 Å². The molecule has 0 spiro atoms. The number of methoxy groups -OCH3 is 2. The molecule has 1 rings (SSSR count). The zero-order valence-electron chi connectivity index (χ0n) is 9.53. The minimum absolute atomic E-state index is 0.512. The number of aliphatic imine (C=N–C) groups is 1. The van der Waals surface area contributed by atoms with E-state index in [1.165, 1.54) is 6.08 Å². The molecule has 0 heterocycles. The van der Waals surface area contributed by atoms with Gasteiger partial charge >= 0.3 is 0 Å². The molecule has 0 atom stereocenters. The molecule has 0 aliphatic heterocycles. The molecule has 0 unspecified atom stereocenters. The lowest BCUT2D eigenvalue weighted by molar-refractivity contribution is 0.354. The first-order valence-electron chi connectivity index (χ1n) is 5.06. The van der Waals surface area contributed by atoms with Crippen LogP contribution in [0.3, 0.4) is 0 Å². The smallest absolute Gasteiger partial charge is 0.234 e. The van der Waals surface area contributed by atoms with Crippen molar-refractivity contribution in [1.29, 1.82) is 0 Å². The van der Waals surface area contributed by atoms with Gasteiger partial charge in [-0.3, -0.25) is 0 Å². The van der Waals surface area contributed by atoms with Gasteiger partial charge < -0.3 is 9.47 Å². The molecule has 4 heteroatoms. The molecular formula is C12H15NO3. The van der Waals surface area contributed by atoms with Crippen molar-refractivity contribution in [3.05, 3.63) is 23.8 Å². The van der Waals surface area contributed by atoms with Gasteiger partial charge in [0.05, 0.1) is 20.8 Å². The highest BCUT2D eigenvalue weighted by Crippen LogP contribution is 2.27. The van der Waals surface area contributed by atoms with E-state index in [1.54, 1.807) is 14.2 Å². The predicted molar refractivity (Wildman–Crippen MR) is 60.9 cm³/mol. The summed E-state index contributed by atoms with van der Waals surface area (Å²) in [4.78, 5) is 13.4. The highest BCUT2D eigenvalue weighted by atomic mass is 16.5. The van der Waals surface area contributed by atoms with Crippen LogP contribution in [0.25, 0.3) is 0 Å². The third kappa shape index (κ3) is 3.41. The van der Waals surface area contributed by atoms with E-state index < -0.39 is 0 Å². The minimum atomic E-state index is 0.512. The van der Waals surface area contributed by atoms with Crippen LogP contribution in [0.5, 0.6) is 11.5 Å². The first-order chi connectivity index (χ1) is 7.81. The Kier molecular flexibility index (Phi) is 5.09. The normalized spacial score (nSPS) is 9.38. The zero-order chi connectivity index (χ0) is 11.8. The second kappa shape index (κ2) is 6.64. The quantitative estimate of drug-likeness (QED) is 0.419. The first kappa shape index (κ1) is 12.3. The maximum Gasteiger partial charge on any atom is 0.234 e. The van der Waals surface area contributed by atoms with Crippen LogP contribution >= 0.6 is 0 Å². The summed E-state index contributed by atoms with van der Waals surface area (Å²) in [5.41, 5.74) is 1.14. The number of isocyanates is 1. The van der Waals surface area contributed by atoms with Gasteiger partial charge in [0.15, 0.2) is 11.5 Å². The Labute approximate surface area is 94.9 Å². The van der Waals surface area contributed by atoms with Gasteiger partial charge in [-0.2, -0.15) is 0 Å². The number of benzene rings is 1. The molecule has 0 radical (unpaired) electrons. The molecule has 86 valence electrons. The molecule has 1 aromatic carbocycles. The first-order valence-corrected chi connectivity index (χ1v) is 5.06. The fourth-order valence-electron chi connectivity index (χ4n) is 1.44. The van der Waals surface area contributed by atoms with Gasteiger partial charge in [0.2, 0.25) is 6.08 Å². The Morgan fingerprint density at radius 1 is 1.25 bits per heavy atom. The Hall–Kier alpha value is -1.80. The van der Waals surface area contributed by atoms with Crippen LogP contribution in [0, 0.1) is 0 Å². The van der Waals surface area contributed by atoms with E-state index in [2.05, 4.69) is 4.99 Å². The summed E-state index contributed by atoms with van der Waals surface area (Å²) in [6.45, 7) is 0.512. The lowest BCUT2D eigenvalue weighted by Crippen LogP contribution is -1.93. The Morgan fingerprint density at radius 3 is 2.62 bits per heavy atom. The third-order valence-electron chi connectivity index (χ3n) is 2.25. The number of hydrogen-bond acceptors (Lipinski definition) is 4. The Balaban J connectivity index is 2.63. The number of nitrogens with zero attached hydrogens (tertiary/aromatic N) is 1. The molecular weight excluding hydrogens is 206 g/mol. The van der Waals surface area contributed by atoms with Crippen LogP contribution in [-0.2, 0) is 11.2 Å². The van der Waals surface area contributed by atoms with Crippen LogP contribution in [0.2, 0.25) is 0 Å². The molecule has 16 heavy (non-hydrogen) atoms. The summed E-state index contributed by atoms with van der Waals surface area (Å²) < 4.78 is 10.3. The predicted octanol–water partition coefficient (Wildman–Crippen LogP) is 1.97. The van der Waals surface area contributed by atoms with Crippen molar-refractivity contribution in [2.24, 2.45) is 4.99 Å². The number of carbonyl (C=O) groups excluding carboxylic acids is 1. The average Bonchev–Trinajstić information content (AvgIpc) is 2.34. The maximum absolute atomic E-state index is 9.87. The highest BCUT2D eigenvalue weighted by Gasteiger charge is 2.03. The van der Waals surface area contributed by atoms with Crippen molar-refractivity contribution in [2.45, 2.75) is 12.8 Å². The van der Waals surface area contributed by atoms with Gasteiger partial charge in [-0.15, -0.1) is 0 Å². The molecule has 0 aromatic heterocycles. The molecule has 0 bridgehead atoms. The molecule has 0 fully saturated rings. The zero-order valence-corrected chi connectivity index (χ0v) is 9.53. The van der Waals surface area contributed by atoms with Gasteiger partial charge in [0.1, 0.15) is 0 Å².